The van der Waals surface area contributed by atoms with E-state index in [1.54, 1.807) is 0 Å². The molecular formula is C26H46I2O8P2. The molecule has 0 aromatic heterocycles. The molecule has 0 atom stereocenters. The minimum Gasteiger partial charge on any atom is -0.492 e. The predicted octanol–water partition coefficient (Wildman–Crippen LogP) is 9.31. The SMILES string of the molecule is CCCCOP(=O)(CCOc1cc(I)c(OCCP(=O)(OCCCC)OCCCC)cc1I)OCCCC. The first-order valence-electron chi connectivity index (χ1n) is 13.7. The third-order valence-corrected chi connectivity index (χ3v) is 10.8. The van der Waals surface area contributed by atoms with Gasteiger partial charge in [0, 0.05) is 0 Å². The monoisotopic (exact) mass is 802 g/mol. The molecule has 12 heteroatoms. The predicted molar refractivity (Wildman–Crippen MR) is 171 cm³/mol. The van der Waals surface area contributed by atoms with Crippen LogP contribution in [0, 0.1) is 7.14 Å². The molecule has 8 nitrogen and oxygen atoms in total. The average molecular weight is 802 g/mol. The molecule has 0 radical (unpaired) electrons. The van der Waals surface area contributed by atoms with Crippen LogP contribution in [-0.4, -0.2) is 52.0 Å². The Balaban J connectivity index is 2.70. The van der Waals surface area contributed by atoms with Gasteiger partial charge in [-0.15, -0.1) is 0 Å². The Bertz CT molecular complexity index is 774. The number of rotatable bonds is 24. The van der Waals surface area contributed by atoms with E-state index in [-0.39, 0.29) is 25.5 Å². The second-order valence-corrected chi connectivity index (χ2v) is 15.5. The lowest BCUT2D eigenvalue weighted by molar-refractivity contribution is 0.193. The molecule has 1 aromatic carbocycles. The van der Waals surface area contributed by atoms with Crippen LogP contribution in [0.5, 0.6) is 11.5 Å². The van der Waals surface area contributed by atoms with Crippen molar-refractivity contribution in [3.05, 3.63) is 19.3 Å². The van der Waals surface area contributed by atoms with Gasteiger partial charge in [0.05, 0.1) is 59.1 Å². The standard InChI is InChI=1S/C26H46I2O8P2/c1-5-9-13-33-37(29,34-14-10-6-2)19-17-31-25-21-24(28)26(22-23(25)27)32-18-20-38(30,35-15-11-7-3)36-16-12-8-4/h21-22H,5-20H2,1-4H3. The average Bonchev–Trinajstić information content (AvgIpc) is 2.87. The minimum absolute atomic E-state index is 0.191. The molecule has 222 valence electrons. The lowest BCUT2D eigenvalue weighted by Crippen LogP contribution is -2.11. The van der Waals surface area contributed by atoms with Crippen LogP contribution in [-0.2, 0) is 27.2 Å². The first kappa shape index (κ1) is 36.6. The van der Waals surface area contributed by atoms with Gasteiger partial charge in [0.2, 0.25) is 0 Å². The highest BCUT2D eigenvalue weighted by Crippen LogP contribution is 2.49. The van der Waals surface area contributed by atoms with E-state index in [1.165, 1.54) is 0 Å². The molecule has 38 heavy (non-hydrogen) atoms. The highest BCUT2D eigenvalue weighted by atomic mass is 127. The Morgan fingerprint density at radius 2 is 0.842 bits per heavy atom. The van der Waals surface area contributed by atoms with Gasteiger partial charge in [-0.05, 0) is 83.0 Å². The summed E-state index contributed by atoms with van der Waals surface area (Å²) >= 11 is 4.37. The quantitative estimate of drug-likeness (QED) is 0.0581. The molecule has 0 unspecified atom stereocenters. The van der Waals surface area contributed by atoms with Gasteiger partial charge >= 0.3 is 15.2 Å². The van der Waals surface area contributed by atoms with E-state index >= 15 is 0 Å². The van der Waals surface area contributed by atoms with E-state index in [2.05, 4.69) is 72.9 Å². The normalized spacial score (nSPS) is 12.2. The fourth-order valence-corrected chi connectivity index (χ4v) is 7.10. The van der Waals surface area contributed by atoms with Crippen LogP contribution in [0.3, 0.4) is 0 Å². The van der Waals surface area contributed by atoms with Crippen LogP contribution in [0.4, 0.5) is 0 Å². The van der Waals surface area contributed by atoms with Crippen LogP contribution >= 0.6 is 60.4 Å². The fourth-order valence-electron chi connectivity index (χ4n) is 2.99. The van der Waals surface area contributed by atoms with Gasteiger partial charge in [0.15, 0.2) is 0 Å². The third-order valence-electron chi connectivity index (χ3n) is 5.38. The maximum atomic E-state index is 13.1. The molecule has 0 N–H and O–H groups in total. The largest absolute Gasteiger partial charge is 0.492 e. The second-order valence-electron chi connectivity index (χ2n) is 8.83. The van der Waals surface area contributed by atoms with Crippen molar-refractivity contribution in [3.8, 4) is 11.5 Å². The lowest BCUT2D eigenvalue weighted by atomic mass is 10.3. The van der Waals surface area contributed by atoms with Crippen molar-refractivity contribution in [2.24, 2.45) is 0 Å². The molecule has 0 amide bonds. The molecule has 0 saturated heterocycles. The van der Waals surface area contributed by atoms with Crippen molar-refractivity contribution >= 4 is 60.4 Å². The van der Waals surface area contributed by atoms with E-state index in [0.717, 1.165) is 58.5 Å². The van der Waals surface area contributed by atoms with Crippen molar-refractivity contribution in [2.75, 3.05) is 52.0 Å². The molecule has 0 aliphatic carbocycles. The summed E-state index contributed by atoms with van der Waals surface area (Å²) in [6.45, 7) is 10.4. The van der Waals surface area contributed by atoms with Crippen LogP contribution in [0.15, 0.2) is 12.1 Å². The summed E-state index contributed by atoms with van der Waals surface area (Å²) in [5.74, 6) is 1.35. The van der Waals surface area contributed by atoms with Gasteiger partial charge < -0.3 is 27.6 Å². The van der Waals surface area contributed by atoms with E-state index < -0.39 is 15.2 Å². The van der Waals surface area contributed by atoms with Gasteiger partial charge in [0.1, 0.15) is 11.5 Å². The zero-order valence-corrected chi connectivity index (χ0v) is 29.5. The summed E-state index contributed by atoms with van der Waals surface area (Å²) in [5, 5.41) is 0. The third kappa shape index (κ3) is 15.5. The molecule has 0 aliphatic heterocycles. The Labute approximate surface area is 257 Å². The molecule has 0 fully saturated rings. The number of hydrogen-bond donors (Lipinski definition) is 0. The summed E-state index contributed by atoms with van der Waals surface area (Å²) in [4.78, 5) is 0. The van der Waals surface area contributed by atoms with Crippen molar-refractivity contribution in [3.63, 3.8) is 0 Å². The zero-order valence-electron chi connectivity index (χ0n) is 23.4. The molecule has 0 heterocycles. The van der Waals surface area contributed by atoms with Crippen molar-refractivity contribution in [1.82, 2.24) is 0 Å². The van der Waals surface area contributed by atoms with Crippen LogP contribution in [0.2, 0.25) is 0 Å². The van der Waals surface area contributed by atoms with Crippen molar-refractivity contribution in [2.45, 2.75) is 79.1 Å². The fraction of sp³-hybridized carbons (Fsp3) is 0.769. The van der Waals surface area contributed by atoms with Crippen LogP contribution in [0.25, 0.3) is 0 Å². The number of halogens is 2. The number of unbranched alkanes of at least 4 members (excludes halogenated alkanes) is 4. The molecule has 1 rings (SSSR count). The number of ether oxygens (including phenoxy) is 2. The topological polar surface area (TPSA) is 89.5 Å². The first-order valence-corrected chi connectivity index (χ1v) is 19.3. The maximum absolute atomic E-state index is 13.1. The van der Waals surface area contributed by atoms with Gasteiger partial charge in [-0.2, -0.15) is 0 Å². The summed E-state index contributed by atoms with van der Waals surface area (Å²) in [6.07, 6.45) is 7.59. The number of benzene rings is 1. The molecule has 0 aliphatic rings. The van der Waals surface area contributed by atoms with E-state index in [1.807, 2.05) is 12.1 Å². The van der Waals surface area contributed by atoms with Crippen LogP contribution in [0.1, 0.15) is 79.1 Å². The summed E-state index contributed by atoms with van der Waals surface area (Å²) in [5.41, 5.74) is 0. The molecule has 1 aromatic rings. The Hall–Kier alpha value is 0.580. The van der Waals surface area contributed by atoms with Gasteiger partial charge in [-0.25, -0.2) is 0 Å². The smallest absolute Gasteiger partial charge is 0.334 e. The minimum atomic E-state index is -3.21. The van der Waals surface area contributed by atoms with E-state index in [9.17, 15) is 9.13 Å². The lowest BCUT2D eigenvalue weighted by Gasteiger charge is -2.20. The number of hydrogen-bond acceptors (Lipinski definition) is 8. The molecule has 0 bridgehead atoms. The highest BCUT2D eigenvalue weighted by Gasteiger charge is 2.26. The van der Waals surface area contributed by atoms with Gasteiger partial charge in [-0.3, -0.25) is 9.13 Å². The zero-order chi connectivity index (χ0) is 28.3. The summed E-state index contributed by atoms with van der Waals surface area (Å²) in [7, 11) is -6.42. The van der Waals surface area contributed by atoms with Gasteiger partial charge in [0.25, 0.3) is 0 Å². The highest BCUT2D eigenvalue weighted by molar-refractivity contribution is 14.1. The Morgan fingerprint density at radius 3 is 1.11 bits per heavy atom. The first-order chi connectivity index (χ1) is 18.2. The Kier molecular flexibility index (Phi) is 20.5. The molecule has 0 saturated carbocycles. The summed E-state index contributed by atoms with van der Waals surface area (Å²) < 4.78 is 62.5. The molecular weight excluding hydrogens is 756 g/mol. The van der Waals surface area contributed by atoms with E-state index in [0.29, 0.717) is 37.9 Å². The van der Waals surface area contributed by atoms with E-state index in [4.69, 9.17) is 27.6 Å². The van der Waals surface area contributed by atoms with Crippen LogP contribution < -0.4 is 9.47 Å². The summed E-state index contributed by atoms with van der Waals surface area (Å²) in [6, 6.07) is 3.77. The maximum Gasteiger partial charge on any atom is 0.334 e. The van der Waals surface area contributed by atoms with Crippen molar-refractivity contribution in [1.29, 1.82) is 0 Å². The second kappa shape index (κ2) is 21.3. The van der Waals surface area contributed by atoms with Crippen molar-refractivity contribution < 1.29 is 36.7 Å². The Morgan fingerprint density at radius 1 is 0.553 bits per heavy atom. The van der Waals surface area contributed by atoms with Gasteiger partial charge in [-0.1, -0.05) is 53.4 Å². The molecule has 0 spiro atoms.